The highest BCUT2D eigenvalue weighted by atomic mass is 32.2. The van der Waals surface area contributed by atoms with Gasteiger partial charge in [0.1, 0.15) is 0 Å². The lowest BCUT2D eigenvalue weighted by atomic mass is 10.1. The maximum Gasteiger partial charge on any atom is 0.165 e. The highest BCUT2D eigenvalue weighted by molar-refractivity contribution is 7.99. The third-order valence-electron chi connectivity index (χ3n) is 3.51. The fourth-order valence-corrected chi connectivity index (χ4v) is 2.99. The minimum Gasteiger partial charge on any atom is -0.494 e. The van der Waals surface area contributed by atoms with E-state index >= 15 is 0 Å². The molecule has 0 bridgehead atoms. The molecule has 21 heavy (non-hydrogen) atoms. The molecule has 4 heteroatoms. The smallest absolute Gasteiger partial charge is 0.165 e. The van der Waals surface area contributed by atoms with E-state index in [2.05, 4.69) is 32.0 Å². The monoisotopic (exact) mass is 305 g/mol. The van der Waals surface area contributed by atoms with Crippen molar-refractivity contribution in [2.24, 2.45) is 5.73 Å². The van der Waals surface area contributed by atoms with Crippen molar-refractivity contribution in [2.75, 3.05) is 12.9 Å². The molecule has 1 unspecified atom stereocenters. The summed E-state index contributed by atoms with van der Waals surface area (Å²) < 4.78 is 18.6. The van der Waals surface area contributed by atoms with Gasteiger partial charge in [0.15, 0.2) is 11.6 Å². The summed E-state index contributed by atoms with van der Waals surface area (Å²) in [4.78, 5) is 1.18. The Balaban J connectivity index is 2.02. The van der Waals surface area contributed by atoms with Crippen LogP contribution in [-0.2, 0) is 0 Å². The Morgan fingerprint density at radius 2 is 1.90 bits per heavy atom. The van der Waals surface area contributed by atoms with Crippen LogP contribution in [0.3, 0.4) is 0 Å². The lowest BCUT2D eigenvalue weighted by molar-refractivity contribution is 0.386. The van der Waals surface area contributed by atoms with Crippen molar-refractivity contribution in [1.82, 2.24) is 0 Å². The topological polar surface area (TPSA) is 35.2 Å². The van der Waals surface area contributed by atoms with Gasteiger partial charge < -0.3 is 10.5 Å². The van der Waals surface area contributed by atoms with Gasteiger partial charge in [0, 0.05) is 16.7 Å². The lowest BCUT2D eigenvalue weighted by Gasteiger charge is -2.13. The molecule has 2 N–H and O–H groups in total. The zero-order chi connectivity index (χ0) is 15.4. The first-order valence-electron chi connectivity index (χ1n) is 6.80. The molecule has 0 heterocycles. The number of halogens is 1. The largest absolute Gasteiger partial charge is 0.494 e. The van der Waals surface area contributed by atoms with E-state index in [1.54, 1.807) is 17.8 Å². The van der Waals surface area contributed by atoms with Crippen molar-refractivity contribution in [3.05, 3.63) is 58.9 Å². The van der Waals surface area contributed by atoms with Gasteiger partial charge in [-0.25, -0.2) is 4.39 Å². The lowest BCUT2D eigenvalue weighted by Crippen LogP contribution is -2.13. The van der Waals surface area contributed by atoms with Crippen molar-refractivity contribution in [3.8, 4) is 5.75 Å². The molecule has 2 nitrogen and oxygen atoms in total. The average molecular weight is 305 g/mol. The van der Waals surface area contributed by atoms with E-state index in [4.69, 9.17) is 10.5 Å². The average Bonchev–Trinajstić information content (AvgIpc) is 2.48. The maximum absolute atomic E-state index is 13.7. The van der Waals surface area contributed by atoms with E-state index in [-0.39, 0.29) is 17.6 Å². The van der Waals surface area contributed by atoms with E-state index in [1.807, 2.05) is 6.07 Å². The Morgan fingerprint density at radius 1 is 1.14 bits per heavy atom. The predicted octanol–water partition coefficient (Wildman–Crippen LogP) is 4.24. The molecule has 0 radical (unpaired) electrons. The highest BCUT2D eigenvalue weighted by Crippen LogP contribution is 2.27. The summed E-state index contributed by atoms with van der Waals surface area (Å²) in [5.74, 6) is 0.572. The van der Waals surface area contributed by atoms with Crippen LogP contribution in [0.5, 0.6) is 5.75 Å². The molecule has 112 valence electrons. The molecule has 2 rings (SSSR count). The molecule has 0 aliphatic heterocycles. The minimum atomic E-state index is -0.373. The van der Waals surface area contributed by atoms with Gasteiger partial charge >= 0.3 is 0 Å². The van der Waals surface area contributed by atoms with Crippen LogP contribution >= 0.6 is 11.8 Å². The Bertz CT molecular complexity index is 630. The molecule has 0 aromatic heterocycles. The van der Waals surface area contributed by atoms with Gasteiger partial charge in [-0.1, -0.05) is 12.1 Å². The SMILES string of the molecule is COc1ccc(C(N)CSc2ccc(C)c(C)c2)cc1F. The number of ether oxygens (including phenoxy) is 1. The van der Waals surface area contributed by atoms with Crippen LogP contribution in [-0.4, -0.2) is 12.9 Å². The second-order valence-electron chi connectivity index (χ2n) is 5.06. The van der Waals surface area contributed by atoms with Gasteiger partial charge in [-0.05, 0) is 54.8 Å². The fraction of sp³-hybridized carbons (Fsp3) is 0.294. The molecular formula is C17H20FNOS. The molecule has 0 spiro atoms. The highest BCUT2D eigenvalue weighted by Gasteiger charge is 2.11. The third-order valence-corrected chi connectivity index (χ3v) is 4.62. The van der Waals surface area contributed by atoms with Crippen molar-refractivity contribution in [3.63, 3.8) is 0 Å². The molecular weight excluding hydrogens is 285 g/mol. The number of nitrogens with two attached hydrogens (primary N) is 1. The molecule has 0 saturated heterocycles. The van der Waals surface area contributed by atoms with Crippen LogP contribution in [0.4, 0.5) is 4.39 Å². The van der Waals surface area contributed by atoms with Crippen molar-refractivity contribution in [1.29, 1.82) is 0 Å². The first-order valence-corrected chi connectivity index (χ1v) is 7.79. The van der Waals surface area contributed by atoms with Crippen LogP contribution in [0.15, 0.2) is 41.3 Å². The molecule has 2 aromatic rings. The number of hydrogen-bond donors (Lipinski definition) is 1. The zero-order valence-corrected chi connectivity index (χ0v) is 13.3. The number of methoxy groups -OCH3 is 1. The Labute approximate surface area is 129 Å². The summed E-state index contributed by atoms with van der Waals surface area (Å²) in [6, 6.07) is 11.0. The van der Waals surface area contributed by atoms with Crippen LogP contribution < -0.4 is 10.5 Å². The van der Waals surface area contributed by atoms with Crippen molar-refractivity contribution >= 4 is 11.8 Å². The number of hydrogen-bond acceptors (Lipinski definition) is 3. The normalized spacial score (nSPS) is 12.2. The van der Waals surface area contributed by atoms with Gasteiger partial charge in [-0.15, -0.1) is 11.8 Å². The number of benzene rings is 2. The van der Waals surface area contributed by atoms with Crippen LogP contribution in [0.25, 0.3) is 0 Å². The minimum absolute atomic E-state index is 0.211. The van der Waals surface area contributed by atoms with Gasteiger partial charge in [-0.2, -0.15) is 0 Å². The quantitative estimate of drug-likeness (QED) is 0.839. The summed E-state index contributed by atoms with van der Waals surface area (Å²) in [7, 11) is 1.45. The summed E-state index contributed by atoms with van der Waals surface area (Å²) in [5.41, 5.74) is 9.47. The number of thioether (sulfide) groups is 1. The molecule has 0 fully saturated rings. The van der Waals surface area contributed by atoms with E-state index in [0.29, 0.717) is 5.75 Å². The molecule has 1 atom stereocenters. The molecule has 0 amide bonds. The van der Waals surface area contributed by atoms with Crippen molar-refractivity contribution < 1.29 is 9.13 Å². The van der Waals surface area contributed by atoms with E-state index in [9.17, 15) is 4.39 Å². The number of rotatable bonds is 5. The van der Waals surface area contributed by atoms with Crippen molar-refractivity contribution in [2.45, 2.75) is 24.8 Å². The molecule has 0 saturated carbocycles. The first-order chi connectivity index (χ1) is 10.0. The second kappa shape index (κ2) is 6.96. The molecule has 2 aromatic carbocycles. The standard InChI is InChI=1S/C17H20FNOS/c1-11-4-6-14(8-12(11)2)21-10-16(19)13-5-7-17(20-3)15(18)9-13/h4-9,16H,10,19H2,1-3H3. The van der Waals surface area contributed by atoms with Gasteiger partial charge in [-0.3, -0.25) is 0 Å². The maximum atomic E-state index is 13.7. The summed E-state index contributed by atoms with van der Waals surface area (Å²) in [6.07, 6.45) is 0. The van der Waals surface area contributed by atoms with Crippen LogP contribution in [0, 0.1) is 19.7 Å². The van der Waals surface area contributed by atoms with Gasteiger partial charge in [0.25, 0.3) is 0 Å². The zero-order valence-electron chi connectivity index (χ0n) is 12.5. The molecule has 0 aliphatic carbocycles. The third kappa shape index (κ3) is 3.99. The summed E-state index contributed by atoms with van der Waals surface area (Å²) >= 11 is 1.68. The van der Waals surface area contributed by atoms with Gasteiger partial charge in [0.2, 0.25) is 0 Å². The van der Waals surface area contributed by atoms with E-state index in [0.717, 1.165) is 5.56 Å². The Morgan fingerprint density at radius 3 is 2.52 bits per heavy atom. The van der Waals surface area contributed by atoms with E-state index < -0.39 is 0 Å². The van der Waals surface area contributed by atoms with Crippen LogP contribution in [0.2, 0.25) is 0 Å². The van der Waals surface area contributed by atoms with E-state index in [1.165, 1.54) is 29.2 Å². The first kappa shape index (κ1) is 15.9. The predicted molar refractivity (Wildman–Crippen MR) is 86.5 cm³/mol. The Hall–Kier alpha value is -1.52. The number of aryl methyl sites for hydroxylation is 2. The van der Waals surface area contributed by atoms with Gasteiger partial charge in [0.05, 0.1) is 7.11 Å². The Kier molecular flexibility index (Phi) is 5.26. The second-order valence-corrected chi connectivity index (χ2v) is 6.15. The van der Waals surface area contributed by atoms with Crippen LogP contribution in [0.1, 0.15) is 22.7 Å². The summed E-state index contributed by atoms with van der Waals surface area (Å²) in [5, 5.41) is 0. The molecule has 0 aliphatic rings. The fourth-order valence-electron chi connectivity index (χ4n) is 2.00. The summed E-state index contributed by atoms with van der Waals surface area (Å²) in [6.45, 7) is 4.19.